The average molecular weight is 341 g/mol. The molecule has 2 N–H and O–H groups in total. The fourth-order valence-corrected chi connectivity index (χ4v) is 1.85. The maximum Gasteiger partial charge on any atom is 0.416 e. The van der Waals surface area contributed by atoms with Gasteiger partial charge in [-0.2, -0.15) is 13.2 Å². The van der Waals surface area contributed by atoms with Gasteiger partial charge in [-0.05, 0) is 25.1 Å². The molecule has 0 aliphatic carbocycles. The highest BCUT2D eigenvalue weighted by Crippen LogP contribution is 2.34. The summed E-state index contributed by atoms with van der Waals surface area (Å²) in [5.41, 5.74) is -2.03. The summed E-state index contributed by atoms with van der Waals surface area (Å²) in [6, 6.07) is 2.96. The van der Waals surface area contributed by atoms with Crippen molar-refractivity contribution < 1.29 is 28.0 Å². The normalized spacial score (nSPS) is 11.2. The van der Waals surface area contributed by atoms with E-state index in [1.807, 2.05) is 0 Å². The molecule has 0 atom stereocenters. The van der Waals surface area contributed by atoms with Crippen LogP contribution in [-0.4, -0.2) is 20.9 Å². The van der Waals surface area contributed by atoms with Gasteiger partial charge in [-0.3, -0.25) is 19.9 Å². The van der Waals surface area contributed by atoms with Crippen molar-refractivity contribution in [1.82, 2.24) is 4.98 Å². The molecule has 0 saturated carbocycles. The number of carbonyl (C=O) groups is 1. The van der Waals surface area contributed by atoms with Crippen LogP contribution in [0.2, 0.25) is 0 Å². The van der Waals surface area contributed by atoms with E-state index in [0.29, 0.717) is 12.1 Å². The van der Waals surface area contributed by atoms with Gasteiger partial charge in [0.1, 0.15) is 11.9 Å². The zero-order valence-corrected chi connectivity index (χ0v) is 12.1. The summed E-state index contributed by atoms with van der Waals surface area (Å²) in [6.07, 6.45) is -3.70. The minimum atomic E-state index is -4.66. The van der Waals surface area contributed by atoms with E-state index in [4.69, 9.17) is 0 Å². The van der Waals surface area contributed by atoms with Gasteiger partial charge in [-0.25, -0.2) is 0 Å². The van der Waals surface area contributed by atoms with Crippen molar-refractivity contribution in [3.63, 3.8) is 0 Å². The van der Waals surface area contributed by atoms with Crippen LogP contribution < -0.4 is 5.32 Å². The molecule has 1 heterocycles. The number of nitrogens with one attached hydrogen (secondary N) is 1. The first-order valence-electron chi connectivity index (χ1n) is 6.42. The lowest BCUT2D eigenvalue weighted by Crippen LogP contribution is -2.15. The van der Waals surface area contributed by atoms with Crippen LogP contribution in [0.15, 0.2) is 30.5 Å². The van der Waals surface area contributed by atoms with Crippen LogP contribution in [0, 0.1) is 17.0 Å². The second kappa shape index (κ2) is 6.14. The Morgan fingerprint density at radius 1 is 1.33 bits per heavy atom. The number of nitro groups is 1. The van der Waals surface area contributed by atoms with Crippen LogP contribution in [0.1, 0.15) is 21.6 Å². The van der Waals surface area contributed by atoms with Gasteiger partial charge < -0.3 is 10.4 Å². The summed E-state index contributed by atoms with van der Waals surface area (Å²) in [7, 11) is 0. The van der Waals surface area contributed by atoms with Crippen molar-refractivity contribution in [1.29, 1.82) is 0 Å². The largest absolute Gasteiger partial charge is 0.506 e. The second-order valence-corrected chi connectivity index (χ2v) is 4.77. The summed E-state index contributed by atoms with van der Waals surface area (Å²) in [5.74, 6) is -1.51. The molecule has 1 aromatic heterocycles. The number of amides is 1. The monoisotopic (exact) mass is 341 g/mol. The molecule has 0 spiro atoms. The first kappa shape index (κ1) is 17.2. The van der Waals surface area contributed by atoms with E-state index in [1.165, 1.54) is 6.92 Å². The number of rotatable bonds is 3. The number of alkyl halides is 3. The smallest absolute Gasteiger partial charge is 0.416 e. The fraction of sp³-hybridized carbons (Fsp3) is 0.143. The standard InChI is InChI=1S/C14H10F3N3O4/c1-7-10(5-9(6-18-7)20(23)24)13(22)19-11-4-8(14(15,16)17)2-3-12(11)21/h2-6,21H,1H3,(H,19,22). The number of hydrogen-bond acceptors (Lipinski definition) is 5. The summed E-state index contributed by atoms with van der Waals surface area (Å²) in [5, 5.41) is 22.4. The number of phenolic OH excluding ortho intramolecular Hbond substituents is 1. The third kappa shape index (κ3) is 3.59. The topological polar surface area (TPSA) is 105 Å². The number of pyridine rings is 1. The number of aromatic nitrogens is 1. The van der Waals surface area contributed by atoms with E-state index in [9.17, 15) is 33.2 Å². The van der Waals surface area contributed by atoms with E-state index < -0.39 is 39.7 Å². The van der Waals surface area contributed by atoms with Crippen molar-refractivity contribution in [2.45, 2.75) is 13.1 Å². The molecular weight excluding hydrogens is 331 g/mol. The Kier molecular flexibility index (Phi) is 4.40. The quantitative estimate of drug-likeness (QED) is 0.506. The number of benzene rings is 1. The summed E-state index contributed by atoms with van der Waals surface area (Å²) in [6.45, 7) is 1.41. The molecule has 2 aromatic rings. The SMILES string of the molecule is Cc1ncc([N+](=O)[O-])cc1C(=O)Nc1cc(C(F)(F)F)ccc1O. The lowest BCUT2D eigenvalue weighted by atomic mass is 10.1. The van der Waals surface area contributed by atoms with Crippen molar-refractivity contribution >= 4 is 17.3 Å². The van der Waals surface area contributed by atoms with Crippen molar-refractivity contribution in [2.24, 2.45) is 0 Å². The molecule has 126 valence electrons. The molecule has 1 amide bonds. The molecule has 0 aliphatic heterocycles. The van der Waals surface area contributed by atoms with E-state index in [2.05, 4.69) is 10.3 Å². The molecule has 0 bridgehead atoms. The van der Waals surface area contributed by atoms with Gasteiger partial charge >= 0.3 is 6.18 Å². The van der Waals surface area contributed by atoms with Crippen LogP contribution in [0.5, 0.6) is 5.75 Å². The molecule has 2 rings (SSSR count). The number of aryl methyl sites for hydroxylation is 1. The second-order valence-electron chi connectivity index (χ2n) is 4.77. The third-order valence-electron chi connectivity index (χ3n) is 3.10. The zero-order valence-electron chi connectivity index (χ0n) is 12.1. The summed E-state index contributed by atoms with van der Waals surface area (Å²) in [4.78, 5) is 25.8. The predicted molar refractivity (Wildman–Crippen MR) is 76.7 cm³/mol. The van der Waals surface area contributed by atoms with Crippen LogP contribution in [0.3, 0.4) is 0 Å². The lowest BCUT2D eigenvalue weighted by Gasteiger charge is -2.12. The first-order valence-corrected chi connectivity index (χ1v) is 6.42. The van der Waals surface area contributed by atoms with Gasteiger partial charge in [0.25, 0.3) is 11.6 Å². The molecule has 0 radical (unpaired) electrons. The Hall–Kier alpha value is -3.17. The minimum Gasteiger partial charge on any atom is -0.506 e. The molecule has 10 heteroatoms. The molecule has 1 aromatic carbocycles. The Morgan fingerprint density at radius 2 is 2.00 bits per heavy atom. The number of carbonyl (C=O) groups excluding carboxylic acids is 1. The molecule has 0 aliphatic rings. The van der Waals surface area contributed by atoms with E-state index in [-0.39, 0.29) is 11.3 Å². The fourth-order valence-electron chi connectivity index (χ4n) is 1.85. The zero-order chi connectivity index (χ0) is 18.1. The molecular formula is C14H10F3N3O4. The molecule has 0 unspecified atom stereocenters. The lowest BCUT2D eigenvalue weighted by molar-refractivity contribution is -0.385. The highest BCUT2D eigenvalue weighted by atomic mass is 19.4. The number of halogens is 3. The van der Waals surface area contributed by atoms with E-state index in [1.54, 1.807) is 0 Å². The number of aromatic hydroxyl groups is 1. The molecule has 0 fully saturated rings. The third-order valence-corrected chi connectivity index (χ3v) is 3.10. The van der Waals surface area contributed by atoms with Gasteiger partial charge in [-0.1, -0.05) is 0 Å². The number of nitrogens with zero attached hydrogens (tertiary/aromatic N) is 2. The predicted octanol–water partition coefficient (Wildman–Crippen LogP) is 3.27. The summed E-state index contributed by atoms with van der Waals surface area (Å²) < 4.78 is 38.1. The van der Waals surface area contributed by atoms with E-state index in [0.717, 1.165) is 18.3 Å². The Labute approximate surface area is 132 Å². The van der Waals surface area contributed by atoms with Crippen LogP contribution in [0.4, 0.5) is 24.5 Å². The first-order chi connectivity index (χ1) is 11.1. The average Bonchev–Trinajstić information content (AvgIpc) is 2.48. The minimum absolute atomic E-state index is 0.143. The van der Waals surface area contributed by atoms with Crippen LogP contribution in [0.25, 0.3) is 0 Å². The summed E-state index contributed by atoms with van der Waals surface area (Å²) >= 11 is 0. The Bertz CT molecular complexity index is 821. The molecule has 24 heavy (non-hydrogen) atoms. The maximum atomic E-state index is 12.7. The highest BCUT2D eigenvalue weighted by Gasteiger charge is 2.31. The van der Waals surface area contributed by atoms with Crippen LogP contribution in [-0.2, 0) is 6.18 Å². The highest BCUT2D eigenvalue weighted by molar-refractivity contribution is 6.06. The van der Waals surface area contributed by atoms with Gasteiger partial charge in [0.2, 0.25) is 0 Å². The van der Waals surface area contributed by atoms with Crippen molar-refractivity contribution in [3.8, 4) is 5.75 Å². The van der Waals surface area contributed by atoms with Gasteiger partial charge in [-0.15, -0.1) is 0 Å². The van der Waals surface area contributed by atoms with Gasteiger partial charge in [0.05, 0.1) is 27.4 Å². The van der Waals surface area contributed by atoms with Crippen LogP contribution >= 0.6 is 0 Å². The molecule has 0 saturated heterocycles. The van der Waals surface area contributed by atoms with Gasteiger partial charge in [0.15, 0.2) is 0 Å². The maximum absolute atomic E-state index is 12.7. The van der Waals surface area contributed by atoms with Crippen molar-refractivity contribution in [2.75, 3.05) is 5.32 Å². The Balaban J connectivity index is 2.37. The van der Waals surface area contributed by atoms with Crippen molar-refractivity contribution in [3.05, 3.63) is 57.4 Å². The number of phenols is 1. The Morgan fingerprint density at radius 3 is 2.58 bits per heavy atom. The van der Waals surface area contributed by atoms with Gasteiger partial charge in [0, 0.05) is 6.07 Å². The number of anilines is 1. The van der Waals surface area contributed by atoms with E-state index >= 15 is 0 Å². The molecule has 7 nitrogen and oxygen atoms in total. The number of hydrogen-bond donors (Lipinski definition) is 2.